The van der Waals surface area contributed by atoms with Gasteiger partial charge < -0.3 is 22.2 Å². The minimum atomic E-state index is 0.250. The highest BCUT2D eigenvalue weighted by Gasteiger charge is 1.86. The average molecular weight is 237 g/mol. The maximum atomic E-state index is 5.32. The van der Waals surface area contributed by atoms with Crippen molar-refractivity contribution in [3.63, 3.8) is 0 Å². The molecule has 16 heavy (non-hydrogen) atoms. The lowest BCUT2D eigenvalue weighted by Crippen LogP contribution is -1.98. The lowest BCUT2D eigenvalue weighted by atomic mass is 10.6. The van der Waals surface area contributed by atoms with Crippen LogP contribution in [-0.2, 0) is 0 Å². The summed E-state index contributed by atoms with van der Waals surface area (Å²) >= 11 is 4.70. The van der Waals surface area contributed by atoms with E-state index in [-0.39, 0.29) is 5.95 Å². The van der Waals surface area contributed by atoms with Crippen LogP contribution in [0.25, 0.3) is 0 Å². The second-order valence-corrected chi connectivity index (χ2v) is 3.09. The largest absolute Gasteiger partial charge is 0.385 e. The van der Waals surface area contributed by atoms with Gasteiger partial charge in [0.2, 0.25) is 5.95 Å². The number of nitrogen functional groups attached to an aromatic ring is 3. The summed E-state index contributed by atoms with van der Waals surface area (Å²) in [6, 6.07) is 3.25. The maximum absolute atomic E-state index is 5.32. The van der Waals surface area contributed by atoms with Gasteiger partial charge in [0.25, 0.3) is 0 Å². The molecule has 8 heteroatoms. The Hall–Kier alpha value is -2.22. The van der Waals surface area contributed by atoms with E-state index in [0.29, 0.717) is 16.4 Å². The third-order valence-corrected chi connectivity index (χ3v) is 1.58. The summed E-state index contributed by atoms with van der Waals surface area (Å²) in [5.74, 6) is 1.01. The summed E-state index contributed by atoms with van der Waals surface area (Å²) in [5, 5.41) is 0. The summed E-state index contributed by atoms with van der Waals surface area (Å²) in [4.78, 5) is 13.6. The highest BCUT2D eigenvalue weighted by Crippen LogP contribution is 1.97. The van der Waals surface area contributed by atoms with E-state index in [1.165, 1.54) is 6.07 Å². The molecule has 2 heterocycles. The maximum Gasteiger partial charge on any atom is 0.219 e. The highest BCUT2D eigenvalue weighted by molar-refractivity contribution is 7.71. The van der Waals surface area contributed by atoms with Crippen molar-refractivity contribution in [3.8, 4) is 0 Å². The number of aromatic amines is 1. The van der Waals surface area contributed by atoms with E-state index in [9.17, 15) is 0 Å². The van der Waals surface area contributed by atoms with Gasteiger partial charge >= 0.3 is 0 Å². The van der Waals surface area contributed by atoms with Crippen LogP contribution in [0.5, 0.6) is 0 Å². The van der Waals surface area contributed by atoms with Crippen molar-refractivity contribution in [2.75, 3.05) is 17.2 Å². The van der Waals surface area contributed by atoms with Crippen LogP contribution in [0.3, 0.4) is 0 Å². The Morgan fingerprint density at radius 1 is 1.12 bits per heavy atom. The van der Waals surface area contributed by atoms with Crippen LogP contribution in [0.15, 0.2) is 24.5 Å². The number of rotatable bonds is 0. The summed E-state index contributed by atoms with van der Waals surface area (Å²) < 4.78 is 0.406. The fourth-order valence-electron chi connectivity index (χ4n) is 0.807. The van der Waals surface area contributed by atoms with Crippen LogP contribution >= 0.6 is 12.2 Å². The molecule has 0 aromatic carbocycles. The predicted octanol–water partition coefficient (Wildman–Crippen LogP) is 0.362. The molecule has 0 fully saturated rings. The fraction of sp³-hybridized carbons (Fsp3) is 0. The second kappa shape index (κ2) is 5.61. The van der Waals surface area contributed by atoms with E-state index < -0.39 is 0 Å². The molecule has 0 amide bonds. The summed E-state index contributed by atoms with van der Waals surface area (Å²) in [5.41, 5.74) is 15.7. The SMILES string of the molecule is Nc1cc(=S)nc(N)[nH]1.Nc1ncccn1. The number of hydrogen-bond donors (Lipinski definition) is 4. The van der Waals surface area contributed by atoms with Gasteiger partial charge in [-0.2, -0.15) is 0 Å². The van der Waals surface area contributed by atoms with Gasteiger partial charge in [0.1, 0.15) is 10.5 Å². The summed E-state index contributed by atoms with van der Waals surface area (Å²) in [6.07, 6.45) is 3.20. The molecule has 0 aliphatic rings. The van der Waals surface area contributed by atoms with E-state index in [1.807, 2.05) is 0 Å². The number of aromatic nitrogens is 4. The smallest absolute Gasteiger partial charge is 0.219 e. The molecule has 2 aromatic heterocycles. The van der Waals surface area contributed by atoms with Crippen LogP contribution in [0.2, 0.25) is 0 Å². The molecular formula is C8H11N7S. The van der Waals surface area contributed by atoms with Gasteiger partial charge in [0.05, 0.1) is 0 Å². The zero-order valence-corrected chi connectivity index (χ0v) is 9.11. The average Bonchev–Trinajstić information content (AvgIpc) is 2.17. The van der Waals surface area contributed by atoms with E-state index >= 15 is 0 Å². The first-order valence-corrected chi connectivity index (χ1v) is 4.63. The van der Waals surface area contributed by atoms with Gasteiger partial charge in [-0.15, -0.1) is 0 Å². The molecule has 0 atom stereocenters. The molecular weight excluding hydrogens is 226 g/mol. The van der Waals surface area contributed by atoms with Crippen molar-refractivity contribution in [1.82, 2.24) is 19.9 Å². The van der Waals surface area contributed by atoms with E-state index in [2.05, 4.69) is 19.9 Å². The molecule has 7 nitrogen and oxygen atoms in total. The van der Waals surface area contributed by atoms with Gasteiger partial charge in [-0.1, -0.05) is 12.2 Å². The van der Waals surface area contributed by atoms with Crippen LogP contribution < -0.4 is 17.2 Å². The summed E-state index contributed by atoms with van der Waals surface area (Å²) in [6.45, 7) is 0. The monoisotopic (exact) mass is 237 g/mol. The van der Waals surface area contributed by atoms with Crippen LogP contribution in [-0.4, -0.2) is 19.9 Å². The molecule has 0 unspecified atom stereocenters. The van der Waals surface area contributed by atoms with Gasteiger partial charge in [0, 0.05) is 18.5 Å². The minimum Gasteiger partial charge on any atom is -0.385 e. The Bertz CT molecular complexity index is 472. The van der Waals surface area contributed by atoms with Crippen molar-refractivity contribution in [3.05, 3.63) is 29.2 Å². The Morgan fingerprint density at radius 2 is 1.75 bits per heavy atom. The van der Waals surface area contributed by atoms with E-state index in [1.54, 1.807) is 18.5 Å². The fourth-order valence-corrected chi connectivity index (χ4v) is 1.03. The van der Waals surface area contributed by atoms with Crippen molar-refractivity contribution in [1.29, 1.82) is 0 Å². The first-order chi connectivity index (χ1) is 7.58. The molecule has 0 saturated heterocycles. The number of nitrogens with zero attached hydrogens (tertiary/aromatic N) is 3. The first kappa shape index (κ1) is 11.9. The van der Waals surface area contributed by atoms with Gasteiger partial charge in [-0.3, -0.25) is 0 Å². The quantitative estimate of drug-likeness (QED) is 0.486. The molecule has 0 radical (unpaired) electrons. The zero-order valence-electron chi connectivity index (χ0n) is 8.29. The highest BCUT2D eigenvalue weighted by atomic mass is 32.1. The number of hydrogen-bond acceptors (Lipinski definition) is 7. The third-order valence-electron chi connectivity index (χ3n) is 1.37. The lowest BCUT2D eigenvalue weighted by molar-refractivity contribution is 1.18. The minimum absolute atomic E-state index is 0.250. The standard InChI is InChI=1S/C4H6N4S.C4H5N3/c5-2-1-3(9)8-4(6)7-2;5-4-6-2-1-3-7-4/h1H,(H5,5,6,7,8,9);1-3H,(H2,5,6,7). The molecule has 7 N–H and O–H groups in total. The molecule has 2 rings (SSSR count). The van der Waals surface area contributed by atoms with Gasteiger partial charge in [-0.25, -0.2) is 15.0 Å². The molecule has 0 aliphatic heterocycles. The zero-order chi connectivity index (χ0) is 12.0. The van der Waals surface area contributed by atoms with Gasteiger partial charge in [0.15, 0.2) is 5.95 Å². The lowest BCUT2D eigenvalue weighted by Gasteiger charge is -1.93. The van der Waals surface area contributed by atoms with Crippen molar-refractivity contribution < 1.29 is 0 Å². The molecule has 0 spiro atoms. The van der Waals surface area contributed by atoms with Crippen LogP contribution in [0.1, 0.15) is 0 Å². The third kappa shape index (κ3) is 4.33. The first-order valence-electron chi connectivity index (χ1n) is 4.22. The van der Waals surface area contributed by atoms with Crippen molar-refractivity contribution in [2.24, 2.45) is 0 Å². The number of H-pyrrole nitrogens is 1. The molecule has 0 bridgehead atoms. The normalized spacial score (nSPS) is 9.00. The Morgan fingerprint density at radius 3 is 2.12 bits per heavy atom. The Kier molecular flexibility index (Phi) is 4.16. The molecule has 2 aromatic rings. The van der Waals surface area contributed by atoms with Crippen molar-refractivity contribution >= 4 is 29.9 Å². The number of anilines is 3. The number of nitrogens with two attached hydrogens (primary N) is 3. The van der Waals surface area contributed by atoms with Crippen LogP contribution in [0.4, 0.5) is 17.7 Å². The topological polar surface area (TPSA) is 133 Å². The molecule has 0 aliphatic carbocycles. The number of nitrogens with one attached hydrogen (secondary N) is 1. The van der Waals surface area contributed by atoms with E-state index in [4.69, 9.17) is 29.4 Å². The van der Waals surface area contributed by atoms with Gasteiger partial charge in [-0.05, 0) is 6.07 Å². The summed E-state index contributed by atoms with van der Waals surface area (Å²) in [7, 11) is 0. The Balaban J connectivity index is 0.000000165. The molecule has 84 valence electrons. The van der Waals surface area contributed by atoms with Crippen molar-refractivity contribution in [2.45, 2.75) is 0 Å². The Labute approximate surface area is 96.8 Å². The molecule has 0 saturated carbocycles. The van der Waals surface area contributed by atoms with E-state index in [0.717, 1.165) is 0 Å². The van der Waals surface area contributed by atoms with Crippen LogP contribution in [0, 0.1) is 4.64 Å². The predicted molar refractivity (Wildman–Crippen MR) is 64.7 cm³/mol. The second-order valence-electron chi connectivity index (χ2n) is 2.67.